The minimum atomic E-state index is -0.340. The number of rotatable bonds is 3. The summed E-state index contributed by atoms with van der Waals surface area (Å²) in [5.74, 6) is 0. The molecule has 0 atom stereocenters. The van der Waals surface area contributed by atoms with Gasteiger partial charge in [-0.2, -0.15) is 0 Å². The summed E-state index contributed by atoms with van der Waals surface area (Å²) in [6.45, 7) is 1.90. The summed E-state index contributed by atoms with van der Waals surface area (Å²) in [6, 6.07) is 0. The van der Waals surface area contributed by atoms with Gasteiger partial charge in [0.15, 0.2) is 0 Å². The van der Waals surface area contributed by atoms with Crippen LogP contribution in [0.2, 0.25) is 0 Å². The van der Waals surface area contributed by atoms with E-state index in [0.717, 1.165) is 4.48 Å². The van der Waals surface area contributed by atoms with Crippen molar-refractivity contribution in [2.45, 2.75) is 13.3 Å². The lowest BCUT2D eigenvalue weighted by molar-refractivity contribution is -0.110. The summed E-state index contributed by atoms with van der Waals surface area (Å²) < 4.78 is 0.949. The fraction of sp³-hybridized carbons (Fsp3) is 0.286. The first-order valence-electron chi connectivity index (χ1n) is 2.83. The average Bonchev–Trinajstić information content (AvgIpc) is 1.87. The Morgan fingerprint density at radius 2 is 2.30 bits per heavy atom. The molecule has 0 aromatic rings. The number of allylic oxidation sites excluding steroid dienone is 4. The quantitative estimate of drug-likeness (QED) is 0.531. The maximum absolute atomic E-state index is 10.2. The van der Waals surface area contributed by atoms with Crippen molar-refractivity contribution in [3.8, 4) is 0 Å². The van der Waals surface area contributed by atoms with E-state index in [1.54, 1.807) is 12.2 Å². The van der Waals surface area contributed by atoms with Crippen LogP contribution in [0, 0.1) is 0 Å². The zero-order valence-corrected chi connectivity index (χ0v) is 7.95. The van der Waals surface area contributed by atoms with Gasteiger partial charge >= 0.3 is 0 Å². The lowest BCUT2D eigenvalue weighted by Gasteiger charge is -1.83. The van der Waals surface area contributed by atoms with Crippen molar-refractivity contribution in [1.82, 2.24) is 0 Å². The lowest BCUT2D eigenvalue weighted by atomic mass is 10.4. The van der Waals surface area contributed by atoms with Gasteiger partial charge in [0.2, 0.25) is 5.24 Å². The van der Waals surface area contributed by atoms with Gasteiger partial charge < -0.3 is 0 Å². The van der Waals surface area contributed by atoms with Crippen LogP contribution in [-0.4, -0.2) is 5.24 Å². The smallest absolute Gasteiger partial charge is 0.225 e. The molecule has 0 unspecified atom stereocenters. The standard InChI is InChI=1S/C7H8BrClO/c1-2-6(8)4-3-5-7(9)10/h2-4H,5H2,1H3/b4-3-,6-2+. The van der Waals surface area contributed by atoms with E-state index in [4.69, 9.17) is 11.6 Å². The maximum Gasteiger partial charge on any atom is 0.225 e. The Morgan fingerprint density at radius 1 is 1.70 bits per heavy atom. The molecule has 0 aliphatic heterocycles. The van der Waals surface area contributed by atoms with Crippen molar-refractivity contribution in [2.75, 3.05) is 0 Å². The SMILES string of the molecule is C/C=C(Br)\C=C/CC(=O)Cl. The predicted octanol–water partition coefficient (Wildman–Crippen LogP) is 3.00. The first-order valence-corrected chi connectivity index (χ1v) is 4.00. The lowest BCUT2D eigenvalue weighted by Crippen LogP contribution is -1.78. The zero-order chi connectivity index (χ0) is 7.98. The van der Waals surface area contributed by atoms with Gasteiger partial charge in [0.1, 0.15) is 0 Å². The van der Waals surface area contributed by atoms with Crippen molar-refractivity contribution < 1.29 is 4.79 Å². The summed E-state index contributed by atoms with van der Waals surface area (Å²) in [6.07, 6.45) is 5.67. The average molecular weight is 223 g/mol. The minimum Gasteiger partial charge on any atom is -0.281 e. The van der Waals surface area contributed by atoms with Gasteiger partial charge in [0, 0.05) is 10.9 Å². The van der Waals surface area contributed by atoms with Crippen molar-refractivity contribution in [1.29, 1.82) is 0 Å². The van der Waals surface area contributed by atoms with Crippen LogP contribution in [0.3, 0.4) is 0 Å². The molecular formula is C7H8BrClO. The number of carbonyl (C=O) groups excluding carboxylic acids is 1. The normalized spacial score (nSPS) is 12.5. The molecule has 1 nitrogen and oxygen atoms in total. The minimum absolute atomic E-state index is 0.282. The largest absolute Gasteiger partial charge is 0.281 e. The highest BCUT2D eigenvalue weighted by atomic mass is 79.9. The van der Waals surface area contributed by atoms with E-state index in [1.165, 1.54) is 0 Å². The topological polar surface area (TPSA) is 17.1 Å². The third kappa shape index (κ3) is 6.05. The van der Waals surface area contributed by atoms with Crippen molar-refractivity contribution >= 4 is 32.8 Å². The van der Waals surface area contributed by atoms with Crippen LogP contribution < -0.4 is 0 Å². The first kappa shape index (κ1) is 9.92. The highest BCUT2D eigenvalue weighted by molar-refractivity contribution is 9.11. The molecule has 0 heterocycles. The van der Waals surface area contributed by atoms with E-state index in [-0.39, 0.29) is 11.7 Å². The van der Waals surface area contributed by atoms with Crippen LogP contribution in [-0.2, 0) is 4.79 Å². The van der Waals surface area contributed by atoms with E-state index >= 15 is 0 Å². The predicted molar refractivity (Wildman–Crippen MR) is 47.3 cm³/mol. The molecule has 0 radical (unpaired) electrons. The van der Waals surface area contributed by atoms with E-state index in [2.05, 4.69) is 15.9 Å². The summed E-state index contributed by atoms with van der Waals surface area (Å²) >= 11 is 8.33. The molecule has 3 heteroatoms. The number of hydrogen-bond acceptors (Lipinski definition) is 1. The fourth-order valence-electron chi connectivity index (χ4n) is 0.360. The van der Waals surface area contributed by atoms with E-state index in [0.29, 0.717) is 0 Å². The van der Waals surface area contributed by atoms with Crippen LogP contribution in [0.1, 0.15) is 13.3 Å². The third-order valence-corrected chi connectivity index (χ3v) is 1.71. The highest BCUT2D eigenvalue weighted by Gasteiger charge is 1.88. The van der Waals surface area contributed by atoms with E-state index < -0.39 is 0 Å². The van der Waals surface area contributed by atoms with Gasteiger partial charge in [-0.05, 0) is 18.5 Å². The number of halogens is 2. The summed E-state index contributed by atoms with van der Waals surface area (Å²) in [7, 11) is 0. The molecule has 0 saturated carbocycles. The molecule has 56 valence electrons. The number of hydrogen-bond donors (Lipinski definition) is 0. The van der Waals surface area contributed by atoms with Crippen LogP contribution >= 0.6 is 27.5 Å². The summed E-state index contributed by atoms with van der Waals surface area (Å²) in [4.78, 5) is 10.2. The van der Waals surface area contributed by atoms with E-state index in [9.17, 15) is 4.79 Å². The summed E-state index contributed by atoms with van der Waals surface area (Å²) in [5, 5.41) is -0.340. The molecule has 0 spiro atoms. The summed E-state index contributed by atoms with van der Waals surface area (Å²) in [5.41, 5.74) is 0. The Kier molecular flexibility index (Phi) is 5.64. The van der Waals surface area contributed by atoms with Crippen molar-refractivity contribution in [2.24, 2.45) is 0 Å². The second-order valence-electron chi connectivity index (χ2n) is 1.64. The highest BCUT2D eigenvalue weighted by Crippen LogP contribution is 2.06. The van der Waals surface area contributed by atoms with Crippen LogP contribution in [0.25, 0.3) is 0 Å². The van der Waals surface area contributed by atoms with Crippen molar-refractivity contribution in [3.63, 3.8) is 0 Å². The van der Waals surface area contributed by atoms with Gasteiger partial charge in [-0.15, -0.1) is 0 Å². The van der Waals surface area contributed by atoms with Gasteiger partial charge in [-0.3, -0.25) is 4.79 Å². The molecule has 0 bridgehead atoms. The van der Waals surface area contributed by atoms with Gasteiger partial charge in [0.05, 0.1) is 0 Å². The Balaban J connectivity index is 3.67. The van der Waals surface area contributed by atoms with Crippen LogP contribution in [0.15, 0.2) is 22.7 Å². The van der Waals surface area contributed by atoms with Crippen LogP contribution in [0.5, 0.6) is 0 Å². The Labute approximate surface area is 73.9 Å². The van der Waals surface area contributed by atoms with Gasteiger partial charge in [0.25, 0.3) is 0 Å². The second-order valence-corrected chi connectivity index (χ2v) is 2.97. The Hall–Kier alpha value is -0.0800. The monoisotopic (exact) mass is 222 g/mol. The van der Waals surface area contributed by atoms with Gasteiger partial charge in [-0.1, -0.05) is 34.2 Å². The first-order chi connectivity index (χ1) is 4.66. The van der Waals surface area contributed by atoms with Crippen LogP contribution in [0.4, 0.5) is 0 Å². The molecular weight excluding hydrogens is 215 g/mol. The fourth-order valence-corrected chi connectivity index (χ4v) is 0.636. The molecule has 0 amide bonds. The number of carbonyl (C=O) groups is 1. The molecule has 0 rings (SSSR count). The Bertz CT molecular complexity index is 172. The molecule has 0 aromatic carbocycles. The molecule has 10 heavy (non-hydrogen) atoms. The maximum atomic E-state index is 10.2. The molecule has 0 fully saturated rings. The molecule has 0 saturated heterocycles. The second kappa shape index (κ2) is 5.69. The molecule has 0 aromatic heterocycles. The Morgan fingerprint density at radius 3 is 2.70 bits per heavy atom. The third-order valence-electron chi connectivity index (χ3n) is 0.831. The zero-order valence-electron chi connectivity index (χ0n) is 5.60. The molecule has 0 aliphatic carbocycles. The molecule has 0 N–H and O–H groups in total. The van der Waals surface area contributed by atoms with E-state index in [1.807, 2.05) is 13.0 Å². The molecule has 0 aliphatic rings. The van der Waals surface area contributed by atoms with Gasteiger partial charge in [-0.25, -0.2) is 0 Å². The van der Waals surface area contributed by atoms with Crippen molar-refractivity contribution in [3.05, 3.63) is 22.7 Å².